The molecule has 1 amide bonds. The summed E-state index contributed by atoms with van der Waals surface area (Å²) < 4.78 is 0. The van der Waals surface area contributed by atoms with Gasteiger partial charge in [-0.3, -0.25) is 4.79 Å². The molecule has 8 rings (SSSR count). The Morgan fingerprint density at radius 3 is 2.49 bits per heavy atom. The van der Waals surface area contributed by atoms with E-state index in [-0.39, 0.29) is 17.7 Å². The zero-order chi connectivity index (χ0) is 26.5. The number of fused-ring (bicyclic) bond motifs is 7. The van der Waals surface area contributed by atoms with Crippen molar-refractivity contribution in [1.82, 2.24) is 9.97 Å². The molecule has 190 valence electrons. The topological polar surface area (TPSA) is 51.9 Å². The monoisotopic (exact) mass is 507 g/mol. The van der Waals surface area contributed by atoms with Crippen LogP contribution in [0.1, 0.15) is 50.9 Å². The Morgan fingerprint density at radius 2 is 1.62 bits per heavy atom. The smallest absolute Gasteiger partial charge is 0.242 e. The second-order valence-corrected chi connectivity index (χ2v) is 11.3. The molecule has 0 unspecified atom stereocenters. The largest absolute Gasteiger partial charge is 0.361 e. The molecule has 3 atom stereocenters. The van der Waals surface area contributed by atoms with E-state index in [0.717, 1.165) is 38.9 Å². The van der Waals surface area contributed by atoms with Gasteiger partial charge in [0, 0.05) is 63.8 Å². The van der Waals surface area contributed by atoms with Crippen LogP contribution >= 0.6 is 0 Å². The third-order valence-corrected chi connectivity index (χ3v) is 9.26. The average Bonchev–Trinajstić information content (AvgIpc) is 3.66. The van der Waals surface area contributed by atoms with Gasteiger partial charge < -0.3 is 14.9 Å². The van der Waals surface area contributed by atoms with Gasteiger partial charge in [0.25, 0.3) is 0 Å². The first-order chi connectivity index (χ1) is 19.0. The van der Waals surface area contributed by atoms with Crippen LogP contribution in [0.25, 0.3) is 21.8 Å². The lowest BCUT2D eigenvalue weighted by molar-refractivity contribution is -0.122. The quantitative estimate of drug-likeness (QED) is 0.251. The van der Waals surface area contributed by atoms with E-state index in [1.165, 1.54) is 27.6 Å². The predicted molar refractivity (Wildman–Crippen MR) is 158 cm³/mol. The van der Waals surface area contributed by atoms with Gasteiger partial charge in [-0.25, -0.2) is 0 Å². The van der Waals surface area contributed by atoms with E-state index in [1.807, 2.05) is 18.0 Å². The Bertz CT molecular complexity index is 1960. The second kappa shape index (κ2) is 7.73. The van der Waals surface area contributed by atoms with Crippen LogP contribution in [-0.2, 0) is 10.2 Å². The maximum absolute atomic E-state index is 14.9. The SMILES string of the molecule is Cc1cccc([C@H]2[C@H](c3cccc4c(C)c[nH]c34)c3[nH]c4ccccc4c3[C@]23C(=O)N(C)c2ccccc23)c1. The van der Waals surface area contributed by atoms with Crippen molar-refractivity contribution in [2.45, 2.75) is 31.1 Å². The number of benzene rings is 4. The summed E-state index contributed by atoms with van der Waals surface area (Å²) in [5.74, 6) is -0.0472. The van der Waals surface area contributed by atoms with Gasteiger partial charge in [-0.15, -0.1) is 0 Å². The van der Waals surface area contributed by atoms with Crippen molar-refractivity contribution in [3.63, 3.8) is 0 Å². The second-order valence-electron chi connectivity index (χ2n) is 11.3. The van der Waals surface area contributed by atoms with Crippen LogP contribution in [0.3, 0.4) is 0 Å². The lowest BCUT2D eigenvalue weighted by Crippen LogP contribution is -2.43. The number of aromatic nitrogens is 2. The summed E-state index contributed by atoms with van der Waals surface area (Å²) in [5, 5.41) is 2.35. The number of nitrogens with one attached hydrogen (secondary N) is 2. The molecular formula is C35H29N3O. The normalized spacial score (nSPS) is 21.8. The molecule has 2 aliphatic rings. The Balaban J connectivity index is 1.57. The van der Waals surface area contributed by atoms with E-state index in [0.29, 0.717) is 0 Å². The third-order valence-electron chi connectivity index (χ3n) is 9.26. The number of aromatic amines is 2. The van der Waals surface area contributed by atoms with Gasteiger partial charge in [-0.1, -0.05) is 84.4 Å². The summed E-state index contributed by atoms with van der Waals surface area (Å²) in [6, 6.07) is 32.2. The number of para-hydroxylation sites is 3. The fraction of sp³-hybridized carbons (Fsp3) is 0.171. The zero-order valence-corrected chi connectivity index (χ0v) is 22.2. The number of carbonyl (C=O) groups excluding carboxylic acids is 1. The molecule has 2 N–H and O–H groups in total. The minimum absolute atomic E-state index is 0.0561. The molecule has 0 saturated carbocycles. The molecule has 3 heterocycles. The molecule has 1 spiro atoms. The first-order valence-electron chi connectivity index (χ1n) is 13.6. The van der Waals surface area contributed by atoms with E-state index >= 15 is 0 Å². The number of rotatable bonds is 2. The highest BCUT2D eigenvalue weighted by Crippen LogP contribution is 2.66. The van der Waals surface area contributed by atoms with Crippen molar-refractivity contribution < 1.29 is 4.79 Å². The van der Waals surface area contributed by atoms with Gasteiger partial charge in [0.1, 0.15) is 5.41 Å². The minimum Gasteiger partial charge on any atom is -0.361 e. The average molecular weight is 508 g/mol. The fourth-order valence-corrected chi connectivity index (χ4v) is 7.74. The molecule has 0 saturated heterocycles. The van der Waals surface area contributed by atoms with Crippen LogP contribution in [0.15, 0.2) is 97.2 Å². The number of carbonyl (C=O) groups is 1. The van der Waals surface area contributed by atoms with Gasteiger partial charge in [0.15, 0.2) is 0 Å². The van der Waals surface area contributed by atoms with Crippen LogP contribution in [-0.4, -0.2) is 22.9 Å². The molecule has 0 radical (unpaired) electrons. The van der Waals surface area contributed by atoms with Crippen molar-refractivity contribution in [1.29, 1.82) is 0 Å². The van der Waals surface area contributed by atoms with Crippen LogP contribution in [0.4, 0.5) is 5.69 Å². The first kappa shape index (κ1) is 22.4. The molecular weight excluding hydrogens is 478 g/mol. The molecule has 4 nitrogen and oxygen atoms in total. The summed E-state index contributed by atoms with van der Waals surface area (Å²) in [6.07, 6.45) is 2.09. The summed E-state index contributed by atoms with van der Waals surface area (Å²) in [7, 11) is 1.93. The summed E-state index contributed by atoms with van der Waals surface area (Å²) in [6.45, 7) is 4.29. The number of anilines is 1. The maximum Gasteiger partial charge on any atom is 0.242 e. The van der Waals surface area contributed by atoms with Gasteiger partial charge in [-0.05, 0) is 48.2 Å². The van der Waals surface area contributed by atoms with Crippen molar-refractivity contribution in [2.24, 2.45) is 0 Å². The van der Waals surface area contributed by atoms with Crippen LogP contribution in [0.5, 0.6) is 0 Å². The highest BCUT2D eigenvalue weighted by atomic mass is 16.2. The Hall–Kier alpha value is -4.57. The van der Waals surface area contributed by atoms with Crippen molar-refractivity contribution in [2.75, 3.05) is 11.9 Å². The molecule has 2 aromatic heterocycles. The number of hydrogen-bond acceptors (Lipinski definition) is 1. The lowest BCUT2D eigenvalue weighted by atomic mass is 9.64. The molecule has 0 fully saturated rings. The zero-order valence-electron chi connectivity index (χ0n) is 22.2. The summed E-state index contributed by atoms with van der Waals surface area (Å²) in [5.41, 5.74) is 10.5. The fourth-order valence-electron chi connectivity index (χ4n) is 7.74. The Kier molecular flexibility index (Phi) is 4.44. The lowest BCUT2D eigenvalue weighted by Gasteiger charge is -2.35. The predicted octanol–water partition coefficient (Wildman–Crippen LogP) is 7.46. The van der Waals surface area contributed by atoms with Crippen molar-refractivity contribution >= 4 is 33.4 Å². The molecule has 6 aromatic rings. The van der Waals surface area contributed by atoms with E-state index in [1.54, 1.807) is 0 Å². The van der Waals surface area contributed by atoms with Gasteiger partial charge >= 0.3 is 0 Å². The van der Waals surface area contributed by atoms with Gasteiger partial charge in [-0.2, -0.15) is 0 Å². The van der Waals surface area contributed by atoms with Crippen LogP contribution in [0.2, 0.25) is 0 Å². The molecule has 1 aliphatic heterocycles. The van der Waals surface area contributed by atoms with Crippen molar-refractivity contribution in [3.8, 4) is 0 Å². The molecule has 4 aromatic carbocycles. The van der Waals surface area contributed by atoms with Crippen LogP contribution < -0.4 is 4.90 Å². The molecule has 1 aliphatic carbocycles. The molecule has 4 heteroatoms. The van der Waals surface area contributed by atoms with E-state index in [4.69, 9.17) is 0 Å². The number of aryl methyl sites for hydroxylation is 2. The molecule has 0 bridgehead atoms. The van der Waals surface area contributed by atoms with E-state index < -0.39 is 5.41 Å². The highest BCUT2D eigenvalue weighted by Gasteiger charge is 2.64. The number of amides is 1. The highest BCUT2D eigenvalue weighted by molar-refractivity contribution is 6.14. The Labute approximate surface area is 227 Å². The molecule has 39 heavy (non-hydrogen) atoms. The minimum atomic E-state index is -0.859. The number of hydrogen-bond donors (Lipinski definition) is 2. The third kappa shape index (κ3) is 2.71. The number of nitrogens with zero attached hydrogens (tertiary/aromatic N) is 1. The summed E-state index contributed by atoms with van der Waals surface area (Å²) >= 11 is 0. The number of likely N-dealkylation sites (N-methyl/N-ethyl adjacent to an activating group) is 1. The van der Waals surface area contributed by atoms with Crippen molar-refractivity contribution in [3.05, 3.63) is 136 Å². The number of H-pyrrole nitrogens is 2. The summed E-state index contributed by atoms with van der Waals surface area (Å²) in [4.78, 5) is 24.2. The van der Waals surface area contributed by atoms with Gasteiger partial charge in [0.2, 0.25) is 5.91 Å². The van der Waals surface area contributed by atoms with E-state index in [2.05, 4.69) is 115 Å². The van der Waals surface area contributed by atoms with Crippen LogP contribution in [0, 0.1) is 13.8 Å². The van der Waals surface area contributed by atoms with E-state index in [9.17, 15) is 4.79 Å². The standard InChI is InChI=1S/C35H29N3O/c1-20-10-8-11-22(18-20)30-29(25-14-9-13-23-21(2)19-36-32(23)25)33-31(24-12-4-6-16-27(24)37-33)35(30)26-15-5-7-17-28(26)38(3)34(35)39/h4-19,29-30,36-37H,1-3H3/t29-,30-,35+/m0/s1. The maximum atomic E-state index is 14.9. The Morgan fingerprint density at radius 1 is 0.846 bits per heavy atom. The van der Waals surface area contributed by atoms with Gasteiger partial charge in [0.05, 0.1) is 0 Å². The first-order valence-corrected chi connectivity index (χ1v) is 13.6.